The molecule has 1 fully saturated rings. The van der Waals surface area contributed by atoms with E-state index >= 15 is 0 Å². The highest BCUT2D eigenvalue weighted by Crippen LogP contribution is 2.23. The molecule has 6 nitrogen and oxygen atoms in total. The van der Waals surface area contributed by atoms with Crippen LogP contribution in [0.5, 0.6) is 5.75 Å². The molecule has 24 heavy (non-hydrogen) atoms. The molecule has 1 saturated carbocycles. The van der Waals surface area contributed by atoms with Crippen molar-refractivity contribution in [3.05, 3.63) is 36.2 Å². The first-order valence-electron chi connectivity index (χ1n) is 8.49. The Kier molecular flexibility index (Phi) is 5.03. The van der Waals surface area contributed by atoms with E-state index in [0.717, 1.165) is 11.4 Å². The highest BCUT2D eigenvalue weighted by Gasteiger charge is 2.16. The minimum atomic E-state index is -0.416. The van der Waals surface area contributed by atoms with Crippen LogP contribution in [0, 0.1) is 12.8 Å². The van der Waals surface area contributed by atoms with Gasteiger partial charge in [0.05, 0.1) is 17.6 Å². The van der Waals surface area contributed by atoms with Gasteiger partial charge in [-0.2, -0.15) is 5.10 Å². The molecule has 2 aromatic rings. The second-order valence-electron chi connectivity index (χ2n) is 6.37. The van der Waals surface area contributed by atoms with Crippen LogP contribution in [-0.2, 0) is 0 Å². The number of rotatable bonds is 4. The third-order valence-corrected chi connectivity index (χ3v) is 4.56. The molecule has 6 heteroatoms. The molecular formula is C18H24N4O2. The molecule has 1 aromatic heterocycles. The van der Waals surface area contributed by atoms with Gasteiger partial charge < -0.3 is 15.8 Å². The Morgan fingerprint density at radius 2 is 2.00 bits per heavy atom. The number of carbonyl (C=O) groups excluding carboxylic acids is 1. The van der Waals surface area contributed by atoms with E-state index in [9.17, 15) is 4.79 Å². The van der Waals surface area contributed by atoms with Crippen molar-refractivity contribution in [1.29, 1.82) is 0 Å². The lowest BCUT2D eigenvalue weighted by atomic mass is 9.89. The highest BCUT2D eigenvalue weighted by atomic mass is 16.6. The van der Waals surface area contributed by atoms with E-state index in [2.05, 4.69) is 10.4 Å². The first-order chi connectivity index (χ1) is 11.6. The van der Waals surface area contributed by atoms with E-state index in [4.69, 9.17) is 10.5 Å². The van der Waals surface area contributed by atoms with Crippen LogP contribution >= 0.6 is 0 Å². The lowest BCUT2D eigenvalue weighted by molar-refractivity contribution is 0.196. The molecule has 1 aromatic carbocycles. The van der Waals surface area contributed by atoms with E-state index in [1.54, 1.807) is 10.9 Å². The first-order valence-corrected chi connectivity index (χ1v) is 8.49. The number of ether oxygens (including phenoxy) is 1. The monoisotopic (exact) mass is 328 g/mol. The lowest BCUT2D eigenvalue weighted by Crippen LogP contribution is -2.32. The molecular weight excluding hydrogens is 304 g/mol. The Hall–Kier alpha value is -2.50. The average molecular weight is 328 g/mol. The highest BCUT2D eigenvalue weighted by molar-refractivity contribution is 5.70. The number of hydrogen-bond acceptors (Lipinski definition) is 4. The summed E-state index contributed by atoms with van der Waals surface area (Å²) in [4.78, 5) is 12.0. The second-order valence-corrected chi connectivity index (χ2v) is 6.37. The normalized spacial score (nSPS) is 15.2. The van der Waals surface area contributed by atoms with Gasteiger partial charge >= 0.3 is 6.09 Å². The van der Waals surface area contributed by atoms with Crippen molar-refractivity contribution < 1.29 is 9.53 Å². The van der Waals surface area contributed by atoms with Crippen molar-refractivity contribution in [2.24, 2.45) is 5.92 Å². The number of benzene rings is 1. The van der Waals surface area contributed by atoms with Crippen molar-refractivity contribution in [1.82, 2.24) is 15.1 Å². The number of hydrogen-bond donors (Lipinski definition) is 2. The number of nitrogens with two attached hydrogens (primary N) is 1. The maximum Gasteiger partial charge on any atom is 0.412 e. The summed E-state index contributed by atoms with van der Waals surface area (Å²) >= 11 is 0. The molecule has 1 aliphatic carbocycles. The van der Waals surface area contributed by atoms with Gasteiger partial charge in [-0.1, -0.05) is 19.3 Å². The summed E-state index contributed by atoms with van der Waals surface area (Å²) in [6.07, 6.45) is 7.35. The molecule has 0 aliphatic heterocycles. The topological polar surface area (TPSA) is 82.2 Å². The Morgan fingerprint density at radius 3 is 2.71 bits per heavy atom. The zero-order valence-electron chi connectivity index (χ0n) is 14.0. The molecule has 3 N–H and O–H groups in total. The van der Waals surface area contributed by atoms with Crippen LogP contribution in [0.4, 0.5) is 10.5 Å². The number of nitrogens with zero attached hydrogens (tertiary/aromatic N) is 2. The number of anilines is 1. The van der Waals surface area contributed by atoms with Crippen LogP contribution in [-0.4, -0.2) is 22.4 Å². The molecule has 0 saturated heterocycles. The Bertz CT molecular complexity index is 688. The summed E-state index contributed by atoms with van der Waals surface area (Å²) in [5, 5.41) is 7.16. The molecule has 128 valence electrons. The average Bonchev–Trinajstić information content (AvgIpc) is 2.95. The van der Waals surface area contributed by atoms with Gasteiger partial charge in [0.2, 0.25) is 0 Å². The fourth-order valence-corrected chi connectivity index (χ4v) is 3.13. The summed E-state index contributed by atoms with van der Waals surface area (Å²) in [6, 6.07) is 7.38. The summed E-state index contributed by atoms with van der Waals surface area (Å²) in [7, 11) is 0. The molecule has 1 amide bonds. The van der Waals surface area contributed by atoms with Gasteiger partial charge in [0, 0.05) is 12.2 Å². The third-order valence-electron chi connectivity index (χ3n) is 4.56. The summed E-state index contributed by atoms with van der Waals surface area (Å²) in [5.41, 5.74) is 8.04. The van der Waals surface area contributed by atoms with Crippen molar-refractivity contribution in [2.45, 2.75) is 39.0 Å². The predicted octanol–water partition coefficient (Wildman–Crippen LogP) is 3.43. The molecule has 3 rings (SSSR count). The van der Waals surface area contributed by atoms with Gasteiger partial charge in [0.15, 0.2) is 5.75 Å². The van der Waals surface area contributed by atoms with Crippen molar-refractivity contribution in [3.63, 3.8) is 0 Å². The number of nitrogens with one attached hydrogen (secondary N) is 1. The van der Waals surface area contributed by atoms with Crippen LogP contribution in [0.2, 0.25) is 0 Å². The SMILES string of the molecule is Cc1c(OC(=O)NCC2CCCCC2)cnn1-c1ccc(N)cc1. The fourth-order valence-electron chi connectivity index (χ4n) is 3.13. The molecule has 0 spiro atoms. The number of nitrogen functional groups attached to an aromatic ring is 1. The zero-order valence-corrected chi connectivity index (χ0v) is 14.0. The van der Waals surface area contributed by atoms with E-state index in [0.29, 0.717) is 23.9 Å². The van der Waals surface area contributed by atoms with Gasteiger partial charge in [-0.3, -0.25) is 0 Å². The number of amides is 1. The molecule has 0 radical (unpaired) electrons. The predicted molar refractivity (Wildman–Crippen MR) is 93.3 cm³/mol. The number of carbonyl (C=O) groups is 1. The van der Waals surface area contributed by atoms with Gasteiger partial charge in [0.1, 0.15) is 0 Å². The van der Waals surface area contributed by atoms with Crippen LogP contribution in [0.15, 0.2) is 30.5 Å². The number of aromatic nitrogens is 2. The third kappa shape index (κ3) is 3.88. The summed E-state index contributed by atoms with van der Waals surface area (Å²) in [5.74, 6) is 1.04. The van der Waals surface area contributed by atoms with Gasteiger partial charge in [-0.15, -0.1) is 0 Å². The van der Waals surface area contributed by atoms with Gasteiger partial charge in [0.25, 0.3) is 0 Å². The minimum absolute atomic E-state index is 0.416. The standard InChI is InChI=1S/C18H24N4O2/c1-13-17(12-21-22(13)16-9-7-15(19)8-10-16)24-18(23)20-11-14-5-3-2-4-6-14/h7-10,12,14H,2-6,11,19H2,1H3,(H,20,23). The zero-order chi connectivity index (χ0) is 16.9. The van der Waals surface area contributed by atoms with Gasteiger partial charge in [-0.25, -0.2) is 9.48 Å². The first kappa shape index (κ1) is 16.4. The van der Waals surface area contributed by atoms with Crippen molar-refractivity contribution in [3.8, 4) is 11.4 Å². The minimum Gasteiger partial charge on any atom is -0.407 e. The van der Waals surface area contributed by atoms with Crippen molar-refractivity contribution >= 4 is 11.8 Å². The van der Waals surface area contributed by atoms with Crippen LogP contribution < -0.4 is 15.8 Å². The Morgan fingerprint density at radius 1 is 1.29 bits per heavy atom. The lowest BCUT2D eigenvalue weighted by Gasteiger charge is -2.21. The van der Waals surface area contributed by atoms with Crippen molar-refractivity contribution in [2.75, 3.05) is 12.3 Å². The van der Waals surface area contributed by atoms with Crippen LogP contribution in [0.1, 0.15) is 37.8 Å². The fraction of sp³-hybridized carbons (Fsp3) is 0.444. The molecule has 0 unspecified atom stereocenters. The maximum absolute atomic E-state index is 12.0. The summed E-state index contributed by atoms with van der Waals surface area (Å²) in [6.45, 7) is 2.55. The molecule has 1 heterocycles. The van der Waals surface area contributed by atoms with Gasteiger partial charge in [-0.05, 0) is 49.9 Å². The molecule has 0 atom stereocenters. The van der Waals surface area contributed by atoms with E-state index in [1.165, 1.54) is 32.1 Å². The molecule has 1 aliphatic rings. The largest absolute Gasteiger partial charge is 0.412 e. The Balaban J connectivity index is 1.59. The smallest absolute Gasteiger partial charge is 0.407 e. The van der Waals surface area contributed by atoms with E-state index < -0.39 is 6.09 Å². The molecule has 0 bridgehead atoms. The Labute approximate surface area is 142 Å². The maximum atomic E-state index is 12.0. The quantitative estimate of drug-likeness (QED) is 0.842. The van der Waals surface area contributed by atoms with Crippen LogP contribution in [0.25, 0.3) is 5.69 Å². The van der Waals surface area contributed by atoms with E-state index in [-0.39, 0.29) is 0 Å². The van der Waals surface area contributed by atoms with Crippen LogP contribution in [0.3, 0.4) is 0 Å². The van der Waals surface area contributed by atoms with E-state index in [1.807, 2.05) is 31.2 Å². The second kappa shape index (κ2) is 7.38. The summed E-state index contributed by atoms with van der Waals surface area (Å²) < 4.78 is 7.13.